The minimum Gasteiger partial charge on any atom is -0.0654 e. The number of rotatable bonds is 5. The van der Waals surface area contributed by atoms with Gasteiger partial charge in [0, 0.05) is 0 Å². The largest absolute Gasteiger partial charge is 0.0654 e. The van der Waals surface area contributed by atoms with Crippen molar-refractivity contribution in [3.05, 3.63) is 6.92 Å². The van der Waals surface area contributed by atoms with Gasteiger partial charge in [-0.2, -0.15) is 0 Å². The lowest BCUT2D eigenvalue weighted by atomic mass is 9.69. The first-order valence-electron chi connectivity index (χ1n) is 8.62. The average Bonchev–Trinajstić information content (AvgIpc) is 2.41. The maximum Gasteiger partial charge on any atom is -0.0386 e. The Balaban J connectivity index is 1.63. The Morgan fingerprint density at radius 3 is 1.89 bits per heavy atom. The van der Waals surface area contributed by atoms with Crippen molar-refractivity contribution in [1.82, 2.24) is 0 Å². The molecule has 0 unspecified atom stereocenters. The molecule has 0 nitrogen and oxygen atoms in total. The highest BCUT2D eigenvalue weighted by molar-refractivity contribution is 4.82. The lowest BCUT2D eigenvalue weighted by Gasteiger charge is -2.37. The van der Waals surface area contributed by atoms with Crippen molar-refractivity contribution in [2.24, 2.45) is 23.7 Å². The number of unbranched alkanes of at least 4 members (excludes halogenated alkanes) is 2. The van der Waals surface area contributed by atoms with Crippen molar-refractivity contribution in [1.29, 1.82) is 0 Å². The first kappa shape index (κ1) is 14.4. The van der Waals surface area contributed by atoms with E-state index in [1.165, 1.54) is 51.4 Å². The summed E-state index contributed by atoms with van der Waals surface area (Å²) in [5.41, 5.74) is 0. The SMILES string of the molecule is [CH2]C1CCC([C@H]2CC[C@H](CCCCC)CC2)CC1. The predicted octanol–water partition coefficient (Wildman–Crippen LogP) is 6.01. The zero-order valence-corrected chi connectivity index (χ0v) is 12.5. The fraction of sp³-hybridized carbons (Fsp3) is 0.944. The maximum atomic E-state index is 4.23. The van der Waals surface area contributed by atoms with Crippen LogP contribution in [-0.4, -0.2) is 0 Å². The van der Waals surface area contributed by atoms with E-state index >= 15 is 0 Å². The van der Waals surface area contributed by atoms with E-state index in [1.54, 1.807) is 25.7 Å². The van der Waals surface area contributed by atoms with Gasteiger partial charge in [-0.1, -0.05) is 65.2 Å². The van der Waals surface area contributed by atoms with Gasteiger partial charge in [0.05, 0.1) is 0 Å². The molecule has 0 bridgehead atoms. The van der Waals surface area contributed by atoms with Crippen LogP contribution >= 0.6 is 0 Å². The minimum absolute atomic E-state index is 0.770. The van der Waals surface area contributed by atoms with Crippen LogP contribution in [0.3, 0.4) is 0 Å². The third-order valence-electron chi connectivity index (χ3n) is 5.67. The molecule has 2 saturated carbocycles. The summed E-state index contributed by atoms with van der Waals surface area (Å²) < 4.78 is 0. The third kappa shape index (κ3) is 4.28. The summed E-state index contributed by atoms with van der Waals surface area (Å²) >= 11 is 0. The van der Waals surface area contributed by atoms with Gasteiger partial charge in [0.25, 0.3) is 0 Å². The Hall–Kier alpha value is 0. The van der Waals surface area contributed by atoms with E-state index in [-0.39, 0.29) is 0 Å². The van der Waals surface area contributed by atoms with Crippen molar-refractivity contribution >= 4 is 0 Å². The zero-order chi connectivity index (χ0) is 12.8. The first-order chi connectivity index (χ1) is 8.79. The summed E-state index contributed by atoms with van der Waals surface area (Å²) in [6.45, 7) is 6.55. The molecule has 2 aliphatic carbocycles. The van der Waals surface area contributed by atoms with Crippen LogP contribution in [0.5, 0.6) is 0 Å². The lowest BCUT2D eigenvalue weighted by Crippen LogP contribution is -2.25. The quantitative estimate of drug-likeness (QED) is 0.523. The number of hydrogen-bond donors (Lipinski definition) is 0. The van der Waals surface area contributed by atoms with Gasteiger partial charge < -0.3 is 0 Å². The summed E-state index contributed by atoms with van der Waals surface area (Å²) in [7, 11) is 0. The summed E-state index contributed by atoms with van der Waals surface area (Å²) in [5.74, 6) is 4.00. The highest BCUT2D eigenvalue weighted by Gasteiger charge is 2.29. The van der Waals surface area contributed by atoms with Gasteiger partial charge in [-0.15, -0.1) is 0 Å². The molecule has 2 rings (SSSR count). The van der Waals surface area contributed by atoms with E-state index in [0.29, 0.717) is 0 Å². The van der Waals surface area contributed by atoms with Crippen molar-refractivity contribution in [2.75, 3.05) is 0 Å². The van der Waals surface area contributed by atoms with Crippen LogP contribution < -0.4 is 0 Å². The summed E-state index contributed by atoms with van der Waals surface area (Å²) in [6, 6.07) is 0. The molecule has 2 fully saturated rings. The first-order valence-corrected chi connectivity index (χ1v) is 8.62. The second-order valence-corrected chi connectivity index (χ2v) is 7.06. The molecule has 105 valence electrons. The van der Waals surface area contributed by atoms with Gasteiger partial charge >= 0.3 is 0 Å². The molecule has 0 aliphatic heterocycles. The third-order valence-corrected chi connectivity index (χ3v) is 5.67. The molecule has 0 atom stereocenters. The fourth-order valence-corrected chi connectivity index (χ4v) is 4.29. The molecule has 0 heteroatoms. The van der Waals surface area contributed by atoms with Crippen LogP contribution in [0.25, 0.3) is 0 Å². The summed E-state index contributed by atoms with van der Waals surface area (Å²) in [6.07, 6.45) is 17.8. The molecule has 0 heterocycles. The second kappa shape index (κ2) is 7.56. The van der Waals surface area contributed by atoms with Crippen molar-refractivity contribution < 1.29 is 0 Å². The van der Waals surface area contributed by atoms with Gasteiger partial charge in [-0.3, -0.25) is 0 Å². The Kier molecular flexibility index (Phi) is 6.05. The van der Waals surface area contributed by atoms with Crippen LogP contribution in [0, 0.1) is 30.6 Å². The van der Waals surface area contributed by atoms with E-state index in [9.17, 15) is 0 Å². The molecule has 0 amide bonds. The highest BCUT2D eigenvalue weighted by atomic mass is 14.3. The molecule has 0 aromatic rings. The van der Waals surface area contributed by atoms with Crippen LogP contribution in [0.2, 0.25) is 0 Å². The van der Waals surface area contributed by atoms with Gasteiger partial charge in [-0.25, -0.2) is 0 Å². The van der Waals surface area contributed by atoms with Gasteiger partial charge in [0.1, 0.15) is 0 Å². The zero-order valence-electron chi connectivity index (χ0n) is 12.5. The van der Waals surface area contributed by atoms with Gasteiger partial charge in [0.15, 0.2) is 0 Å². The van der Waals surface area contributed by atoms with Crippen molar-refractivity contribution in [3.63, 3.8) is 0 Å². The van der Waals surface area contributed by atoms with Crippen LogP contribution in [-0.2, 0) is 0 Å². The van der Waals surface area contributed by atoms with E-state index < -0.39 is 0 Å². The van der Waals surface area contributed by atoms with E-state index in [2.05, 4.69) is 13.8 Å². The second-order valence-electron chi connectivity index (χ2n) is 7.06. The topological polar surface area (TPSA) is 0 Å². The molecule has 0 aromatic carbocycles. The molecule has 0 aromatic heterocycles. The van der Waals surface area contributed by atoms with E-state index in [1.807, 2.05) is 0 Å². The standard InChI is InChI=1S/C18H33/c1-3-4-5-6-16-9-13-18(14-10-16)17-11-7-15(2)8-12-17/h15-18H,2-14H2,1H3/t15?,16-,17?,18-. The highest BCUT2D eigenvalue weighted by Crippen LogP contribution is 2.42. The molecule has 0 spiro atoms. The molecule has 0 N–H and O–H groups in total. The lowest BCUT2D eigenvalue weighted by molar-refractivity contribution is 0.151. The Bertz CT molecular complexity index is 204. The Labute approximate surface area is 115 Å². The maximum absolute atomic E-state index is 4.23. The van der Waals surface area contributed by atoms with Crippen LogP contribution in [0.4, 0.5) is 0 Å². The Morgan fingerprint density at radius 1 is 0.778 bits per heavy atom. The van der Waals surface area contributed by atoms with E-state index in [4.69, 9.17) is 0 Å². The normalized spacial score (nSPS) is 37.7. The fourth-order valence-electron chi connectivity index (χ4n) is 4.29. The van der Waals surface area contributed by atoms with Crippen LogP contribution in [0.15, 0.2) is 0 Å². The van der Waals surface area contributed by atoms with Gasteiger partial charge in [-0.05, 0) is 49.4 Å². The monoisotopic (exact) mass is 249 g/mol. The summed E-state index contributed by atoms with van der Waals surface area (Å²) in [4.78, 5) is 0. The molecule has 18 heavy (non-hydrogen) atoms. The predicted molar refractivity (Wildman–Crippen MR) is 80.4 cm³/mol. The summed E-state index contributed by atoms with van der Waals surface area (Å²) in [5, 5.41) is 0. The minimum atomic E-state index is 0.770. The average molecular weight is 249 g/mol. The Morgan fingerprint density at radius 2 is 1.33 bits per heavy atom. The van der Waals surface area contributed by atoms with Crippen LogP contribution in [0.1, 0.15) is 84.0 Å². The number of hydrogen-bond acceptors (Lipinski definition) is 0. The molecule has 2 aliphatic rings. The van der Waals surface area contributed by atoms with Crippen molar-refractivity contribution in [3.8, 4) is 0 Å². The molecular formula is C18H33. The van der Waals surface area contributed by atoms with Gasteiger partial charge in [0.2, 0.25) is 0 Å². The van der Waals surface area contributed by atoms with E-state index in [0.717, 1.165) is 23.7 Å². The van der Waals surface area contributed by atoms with Crippen molar-refractivity contribution in [2.45, 2.75) is 84.0 Å². The molecule has 0 saturated heterocycles. The molecular weight excluding hydrogens is 216 g/mol. The smallest absolute Gasteiger partial charge is 0.0386 e. The molecule has 1 radical (unpaired) electrons.